The average Bonchev–Trinajstić information content (AvgIpc) is 3.10. The van der Waals surface area contributed by atoms with E-state index in [0.717, 1.165) is 19.3 Å². The minimum absolute atomic E-state index is 0.125. The second kappa shape index (κ2) is 5.49. The summed E-state index contributed by atoms with van der Waals surface area (Å²) in [4.78, 5) is 25.9. The lowest BCUT2D eigenvalue weighted by molar-refractivity contribution is -0.169. The summed E-state index contributed by atoms with van der Waals surface area (Å²) in [5, 5.41) is 9.39. The zero-order chi connectivity index (χ0) is 14.0. The highest BCUT2D eigenvalue weighted by Gasteiger charge is 2.54. The van der Waals surface area contributed by atoms with Crippen LogP contribution in [-0.4, -0.2) is 48.2 Å². The number of amides is 1. The van der Waals surface area contributed by atoms with Crippen LogP contribution in [0.4, 0.5) is 0 Å². The van der Waals surface area contributed by atoms with Crippen molar-refractivity contribution in [3.63, 3.8) is 0 Å². The van der Waals surface area contributed by atoms with Crippen molar-refractivity contribution in [3.8, 4) is 0 Å². The SMILES string of the molecule is COCCN(C(=O)C1(C(=O)O)CCC1)C(C)C1CC1. The third kappa shape index (κ3) is 2.61. The van der Waals surface area contributed by atoms with Crippen molar-refractivity contribution in [2.24, 2.45) is 11.3 Å². The Morgan fingerprint density at radius 2 is 2.05 bits per heavy atom. The van der Waals surface area contributed by atoms with Crippen molar-refractivity contribution in [2.75, 3.05) is 20.3 Å². The van der Waals surface area contributed by atoms with Gasteiger partial charge in [-0.3, -0.25) is 9.59 Å². The normalized spacial score (nSPS) is 22.4. The first-order chi connectivity index (χ1) is 9.03. The maximum atomic E-state index is 12.7. The second-order valence-electron chi connectivity index (χ2n) is 5.81. The molecular formula is C14H23NO4. The first kappa shape index (κ1) is 14.3. The number of hydrogen-bond donors (Lipinski definition) is 1. The number of rotatable bonds is 7. The number of hydrogen-bond acceptors (Lipinski definition) is 3. The minimum atomic E-state index is -1.16. The summed E-state index contributed by atoms with van der Waals surface area (Å²) in [5.74, 6) is -0.636. The van der Waals surface area contributed by atoms with Crippen LogP contribution in [-0.2, 0) is 14.3 Å². The Hall–Kier alpha value is -1.10. The maximum Gasteiger partial charge on any atom is 0.319 e. The van der Waals surface area contributed by atoms with Crippen molar-refractivity contribution in [1.29, 1.82) is 0 Å². The monoisotopic (exact) mass is 269 g/mol. The summed E-state index contributed by atoms with van der Waals surface area (Å²) < 4.78 is 5.06. The van der Waals surface area contributed by atoms with Gasteiger partial charge in [0.05, 0.1) is 6.61 Å². The molecule has 2 fully saturated rings. The first-order valence-corrected chi connectivity index (χ1v) is 7.06. The molecule has 1 unspecified atom stereocenters. The maximum absolute atomic E-state index is 12.7. The Balaban J connectivity index is 2.11. The lowest BCUT2D eigenvalue weighted by Gasteiger charge is -2.42. The van der Waals surface area contributed by atoms with Gasteiger partial charge in [0.2, 0.25) is 5.91 Å². The summed E-state index contributed by atoms with van der Waals surface area (Å²) in [5.41, 5.74) is -1.16. The van der Waals surface area contributed by atoms with E-state index in [0.29, 0.717) is 31.9 Å². The zero-order valence-electron chi connectivity index (χ0n) is 11.7. The van der Waals surface area contributed by atoms with Crippen molar-refractivity contribution < 1.29 is 19.4 Å². The largest absolute Gasteiger partial charge is 0.480 e. The summed E-state index contributed by atoms with van der Waals surface area (Å²) >= 11 is 0. The predicted octanol–water partition coefficient (Wildman–Crippen LogP) is 1.51. The Morgan fingerprint density at radius 1 is 1.42 bits per heavy atom. The standard InChI is InChI=1S/C14H23NO4/c1-10(11-4-5-11)15(8-9-19-2)12(16)14(13(17)18)6-3-7-14/h10-11H,3-9H2,1-2H3,(H,17,18). The van der Waals surface area contributed by atoms with E-state index in [9.17, 15) is 14.7 Å². The fourth-order valence-electron chi connectivity index (χ4n) is 2.84. The van der Waals surface area contributed by atoms with Crippen LogP contribution < -0.4 is 0 Å². The number of carboxylic acids is 1. The van der Waals surface area contributed by atoms with E-state index >= 15 is 0 Å². The topological polar surface area (TPSA) is 66.8 Å². The van der Waals surface area contributed by atoms with Crippen LogP contribution in [0.5, 0.6) is 0 Å². The Bertz CT molecular complexity index is 360. The van der Waals surface area contributed by atoms with Crippen molar-refractivity contribution >= 4 is 11.9 Å². The van der Waals surface area contributed by atoms with E-state index in [1.807, 2.05) is 6.92 Å². The van der Waals surface area contributed by atoms with Crippen LogP contribution in [0.15, 0.2) is 0 Å². The van der Waals surface area contributed by atoms with Gasteiger partial charge in [0.15, 0.2) is 0 Å². The lowest BCUT2D eigenvalue weighted by atomic mass is 9.67. The smallest absolute Gasteiger partial charge is 0.319 e. The minimum Gasteiger partial charge on any atom is -0.480 e. The molecular weight excluding hydrogens is 246 g/mol. The fourth-order valence-corrected chi connectivity index (χ4v) is 2.84. The molecule has 5 heteroatoms. The van der Waals surface area contributed by atoms with Gasteiger partial charge in [-0.05, 0) is 38.5 Å². The van der Waals surface area contributed by atoms with Gasteiger partial charge in [-0.2, -0.15) is 0 Å². The van der Waals surface area contributed by atoms with Crippen molar-refractivity contribution in [2.45, 2.75) is 45.1 Å². The highest BCUT2D eigenvalue weighted by atomic mass is 16.5. The molecule has 0 saturated heterocycles. The van der Waals surface area contributed by atoms with Crippen LogP contribution in [0.3, 0.4) is 0 Å². The lowest BCUT2D eigenvalue weighted by Crippen LogP contribution is -2.56. The number of methoxy groups -OCH3 is 1. The molecule has 0 spiro atoms. The number of aliphatic carboxylic acids is 1. The summed E-state index contributed by atoms with van der Waals surface area (Å²) in [7, 11) is 1.60. The number of nitrogens with zero attached hydrogens (tertiary/aromatic N) is 1. The molecule has 2 rings (SSSR count). The summed E-state index contributed by atoms with van der Waals surface area (Å²) in [6.07, 6.45) is 4.05. The molecule has 1 amide bonds. The number of carbonyl (C=O) groups excluding carboxylic acids is 1. The zero-order valence-corrected chi connectivity index (χ0v) is 11.7. The van der Waals surface area contributed by atoms with Gasteiger partial charge >= 0.3 is 5.97 Å². The molecule has 0 bridgehead atoms. The van der Waals surface area contributed by atoms with E-state index in [4.69, 9.17) is 4.74 Å². The molecule has 1 atom stereocenters. The van der Waals surface area contributed by atoms with Gasteiger partial charge in [0.25, 0.3) is 0 Å². The second-order valence-corrected chi connectivity index (χ2v) is 5.81. The molecule has 1 N–H and O–H groups in total. The molecule has 0 aromatic carbocycles. The molecule has 2 aliphatic rings. The molecule has 0 aromatic heterocycles. The van der Waals surface area contributed by atoms with E-state index in [-0.39, 0.29) is 11.9 Å². The van der Waals surface area contributed by atoms with Crippen LogP contribution >= 0.6 is 0 Å². The fraction of sp³-hybridized carbons (Fsp3) is 0.857. The molecule has 19 heavy (non-hydrogen) atoms. The highest BCUT2D eigenvalue weighted by molar-refractivity contribution is 6.03. The Labute approximate surface area is 113 Å². The van der Waals surface area contributed by atoms with Gasteiger partial charge in [-0.1, -0.05) is 6.42 Å². The van der Waals surface area contributed by atoms with Crippen molar-refractivity contribution in [1.82, 2.24) is 4.90 Å². The number of carboxylic acid groups (broad SMARTS) is 1. The van der Waals surface area contributed by atoms with Gasteiger partial charge in [-0.15, -0.1) is 0 Å². The molecule has 0 heterocycles. The molecule has 2 saturated carbocycles. The first-order valence-electron chi connectivity index (χ1n) is 7.06. The van der Waals surface area contributed by atoms with Crippen LogP contribution in [0.2, 0.25) is 0 Å². The van der Waals surface area contributed by atoms with E-state index in [1.54, 1.807) is 12.0 Å². The number of carbonyl (C=O) groups is 2. The highest BCUT2D eigenvalue weighted by Crippen LogP contribution is 2.44. The average molecular weight is 269 g/mol. The molecule has 0 radical (unpaired) electrons. The Morgan fingerprint density at radius 3 is 2.42 bits per heavy atom. The predicted molar refractivity (Wildman–Crippen MR) is 69.7 cm³/mol. The van der Waals surface area contributed by atoms with E-state index in [1.165, 1.54) is 0 Å². The van der Waals surface area contributed by atoms with E-state index in [2.05, 4.69) is 0 Å². The van der Waals surface area contributed by atoms with Gasteiger partial charge < -0.3 is 14.7 Å². The summed E-state index contributed by atoms with van der Waals surface area (Å²) in [6.45, 7) is 2.97. The molecule has 5 nitrogen and oxygen atoms in total. The van der Waals surface area contributed by atoms with Crippen LogP contribution in [0.1, 0.15) is 39.0 Å². The quantitative estimate of drug-likeness (QED) is 0.711. The van der Waals surface area contributed by atoms with Crippen LogP contribution in [0, 0.1) is 11.3 Å². The molecule has 0 aromatic rings. The number of ether oxygens (including phenoxy) is 1. The molecule has 2 aliphatic carbocycles. The third-order valence-corrected chi connectivity index (χ3v) is 4.62. The van der Waals surface area contributed by atoms with Crippen molar-refractivity contribution in [3.05, 3.63) is 0 Å². The Kier molecular flexibility index (Phi) is 4.13. The van der Waals surface area contributed by atoms with Gasteiger partial charge in [0, 0.05) is 19.7 Å². The molecule has 0 aliphatic heterocycles. The third-order valence-electron chi connectivity index (χ3n) is 4.62. The van der Waals surface area contributed by atoms with Gasteiger partial charge in [0.1, 0.15) is 5.41 Å². The summed E-state index contributed by atoms with van der Waals surface area (Å²) in [6, 6.07) is 0.125. The van der Waals surface area contributed by atoms with Crippen LogP contribution in [0.25, 0.3) is 0 Å². The molecule has 108 valence electrons. The van der Waals surface area contributed by atoms with Gasteiger partial charge in [-0.25, -0.2) is 0 Å². The van der Waals surface area contributed by atoms with E-state index < -0.39 is 11.4 Å².